The third-order valence-corrected chi connectivity index (χ3v) is 9.20. The Morgan fingerprint density at radius 3 is 2.62 bits per heavy atom. The van der Waals surface area contributed by atoms with E-state index < -0.39 is 17.4 Å². The molecule has 0 spiro atoms. The molecule has 3 aliphatic heterocycles. The van der Waals surface area contributed by atoms with Gasteiger partial charge in [-0.25, -0.2) is 8.78 Å². The number of piperidine rings is 1. The van der Waals surface area contributed by atoms with Crippen LogP contribution < -0.4 is 10.9 Å². The summed E-state index contributed by atoms with van der Waals surface area (Å²) < 4.78 is 33.0. The molecule has 2 aromatic heterocycles. The number of hydrogen-bond acceptors (Lipinski definition) is 6. The van der Waals surface area contributed by atoms with E-state index in [1.54, 1.807) is 35.2 Å². The van der Waals surface area contributed by atoms with Crippen LogP contribution in [0.2, 0.25) is 0 Å². The Morgan fingerprint density at radius 2 is 1.88 bits per heavy atom. The molecule has 210 valence electrons. The van der Waals surface area contributed by atoms with Crippen molar-refractivity contribution >= 4 is 16.6 Å². The lowest BCUT2D eigenvalue weighted by Gasteiger charge is -2.36. The number of nitrogens with zero attached hydrogens (tertiary/aromatic N) is 5. The fourth-order valence-corrected chi connectivity index (χ4v) is 6.44. The number of alkyl halides is 2. The van der Waals surface area contributed by atoms with E-state index in [-0.39, 0.29) is 17.2 Å². The van der Waals surface area contributed by atoms with Crippen LogP contribution in [-0.4, -0.2) is 39.3 Å². The van der Waals surface area contributed by atoms with Gasteiger partial charge in [0.2, 0.25) is 0 Å². The van der Waals surface area contributed by atoms with E-state index in [0.29, 0.717) is 62.0 Å². The minimum Gasteiger partial charge on any atom is -0.377 e. The molecular formula is C31H36F2N6O. The van der Waals surface area contributed by atoms with Crippen LogP contribution in [0.5, 0.6) is 0 Å². The van der Waals surface area contributed by atoms with Gasteiger partial charge in [0.15, 0.2) is 0 Å². The Morgan fingerprint density at radius 1 is 1.10 bits per heavy atom. The quantitative estimate of drug-likeness (QED) is 0.409. The van der Waals surface area contributed by atoms with Crippen molar-refractivity contribution in [2.75, 3.05) is 25.0 Å². The van der Waals surface area contributed by atoms with Crippen LogP contribution in [0.4, 0.5) is 14.5 Å². The van der Waals surface area contributed by atoms with Crippen LogP contribution in [0.3, 0.4) is 0 Å². The van der Waals surface area contributed by atoms with Crippen molar-refractivity contribution in [3.8, 4) is 6.07 Å². The van der Waals surface area contributed by atoms with E-state index in [2.05, 4.69) is 26.5 Å². The zero-order valence-electron chi connectivity index (χ0n) is 23.0. The van der Waals surface area contributed by atoms with E-state index in [1.807, 2.05) is 13.0 Å². The number of fused-ring (bicyclic) bond motifs is 8. The molecule has 7 rings (SSSR count). The van der Waals surface area contributed by atoms with Crippen molar-refractivity contribution in [2.45, 2.75) is 82.2 Å². The number of benzene rings is 1. The number of hydrogen-bond donors (Lipinski definition) is 1. The summed E-state index contributed by atoms with van der Waals surface area (Å²) in [5.74, 6) is -3.56. The minimum absolute atomic E-state index is 0.0602. The second-order valence-corrected chi connectivity index (χ2v) is 11.8. The molecule has 1 saturated heterocycles. The lowest BCUT2D eigenvalue weighted by Crippen LogP contribution is -2.40. The highest BCUT2D eigenvalue weighted by atomic mass is 19.3. The second-order valence-electron chi connectivity index (χ2n) is 11.8. The van der Waals surface area contributed by atoms with Crippen LogP contribution in [0, 0.1) is 17.2 Å². The van der Waals surface area contributed by atoms with Crippen LogP contribution in [0.1, 0.15) is 81.0 Å². The molecule has 1 atom stereocenters. The molecule has 5 heterocycles. The largest absolute Gasteiger partial charge is 0.377 e. The van der Waals surface area contributed by atoms with E-state index >= 15 is 8.78 Å². The summed E-state index contributed by atoms with van der Waals surface area (Å²) in [5, 5.41) is 22.7. The van der Waals surface area contributed by atoms with Gasteiger partial charge in [0.05, 0.1) is 18.0 Å². The van der Waals surface area contributed by atoms with Gasteiger partial charge in [0.1, 0.15) is 11.1 Å². The van der Waals surface area contributed by atoms with E-state index in [1.165, 1.54) is 0 Å². The van der Waals surface area contributed by atoms with Gasteiger partial charge in [-0.15, -0.1) is 5.10 Å². The Labute approximate surface area is 233 Å². The number of anilines is 1. The van der Waals surface area contributed by atoms with Crippen molar-refractivity contribution in [2.24, 2.45) is 5.92 Å². The maximum Gasteiger partial charge on any atom is 0.276 e. The predicted molar refractivity (Wildman–Crippen MR) is 150 cm³/mol. The molecule has 1 aromatic carbocycles. The Kier molecular flexibility index (Phi) is 7.07. The zero-order valence-corrected chi connectivity index (χ0v) is 23.0. The highest BCUT2D eigenvalue weighted by molar-refractivity contribution is 5.91. The third-order valence-electron chi connectivity index (χ3n) is 9.20. The maximum absolute atomic E-state index is 15.7. The normalized spacial score (nSPS) is 26.1. The molecule has 0 radical (unpaired) electrons. The van der Waals surface area contributed by atoms with Crippen LogP contribution in [0.15, 0.2) is 41.5 Å². The van der Waals surface area contributed by atoms with Crippen LogP contribution in [-0.2, 0) is 17.9 Å². The summed E-state index contributed by atoms with van der Waals surface area (Å²) in [6.45, 7) is 4.25. The van der Waals surface area contributed by atoms with Crippen molar-refractivity contribution in [3.05, 3.63) is 63.7 Å². The summed E-state index contributed by atoms with van der Waals surface area (Å²) in [6, 6.07) is 8.78. The smallest absolute Gasteiger partial charge is 0.276 e. The number of halogens is 2. The second kappa shape index (κ2) is 10.5. The van der Waals surface area contributed by atoms with Gasteiger partial charge in [-0.2, -0.15) is 10.4 Å². The Bertz CT molecular complexity index is 1500. The number of aromatic nitrogens is 3. The summed E-state index contributed by atoms with van der Waals surface area (Å²) >= 11 is 0. The molecule has 9 heteroatoms. The first-order valence-electron chi connectivity index (χ1n) is 14.6. The molecule has 40 heavy (non-hydrogen) atoms. The summed E-state index contributed by atoms with van der Waals surface area (Å²) in [6.07, 6.45) is 10.0. The topological polar surface area (TPSA) is 86.8 Å². The molecule has 0 amide bonds. The standard InChI is InChI=1S/C31H36F2N6O/c1-21-22-7-6-8-24(17-22)31(32,33)23-10-15-38(16-11-23)14-5-3-2-4-9-25-28-26(27(36-21)18-35-37-28)19-39(29(25)40)30(20-34)12-13-30/h6-8,17-19,21,23,36H,2-5,9-16H2,1H3/t21-/m1/s1. The summed E-state index contributed by atoms with van der Waals surface area (Å²) in [7, 11) is 0. The maximum atomic E-state index is 15.7. The molecule has 3 aromatic rings. The van der Waals surface area contributed by atoms with Crippen molar-refractivity contribution in [3.63, 3.8) is 0 Å². The molecule has 1 N–H and O–H groups in total. The first kappa shape index (κ1) is 26.8. The third kappa shape index (κ3) is 4.87. The van der Waals surface area contributed by atoms with Crippen LogP contribution >= 0.6 is 0 Å². The van der Waals surface area contributed by atoms with Gasteiger partial charge >= 0.3 is 0 Å². The summed E-state index contributed by atoms with van der Waals surface area (Å²) in [5.41, 5.74) is 1.65. The molecule has 1 aliphatic carbocycles. The SMILES string of the molecule is C[C@H]1Nc2cnnc3c(c(=O)n(C4(C#N)CC4)cc23)CCCCCCN2CCC(CC2)C(F)(F)c2cccc1c2. The van der Waals surface area contributed by atoms with Gasteiger partial charge < -0.3 is 10.2 Å². The van der Waals surface area contributed by atoms with Gasteiger partial charge in [0, 0.05) is 34.7 Å². The first-order valence-corrected chi connectivity index (χ1v) is 14.6. The molecule has 2 fully saturated rings. The monoisotopic (exact) mass is 546 g/mol. The average Bonchev–Trinajstić information content (AvgIpc) is 3.77. The fraction of sp³-hybridized carbons (Fsp3) is 0.548. The van der Waals surface area contributed by atoms with Gasteiger partial charge in [-0.05, 0) is 83.1 Å². The Hall–Kier alpha value is -3.38. The highest BCUT2D eigenvalue weighted by Crippen LogP contribution is 2.44. The van der Waals surface area contributed by atoms with Crippen molar-refractivity contribution in [1.82, 2.24) is 19.7 Å². The number of nitrogens with one attached hydrogen (secondary N) is 1. The first-order chi connectivity index (χ1) is 19.3. The molecular weight excluding hydrogens is 510 g/mol. The number of pyridine rings is 1. The minimum atomic E-state index is -2.89. The zero-order chi connectivity index (χ0) is 27.9. The van der Waals surface area contributed by atoms with Crippen molar-refractivity contribution in [1.29, 1.82) is 5.26 Å². The van der Waals surface area contributed by atoms with Crippen LogP contribution in [0.25, 0.3) is 10.9 Å². The molecule has 7 nitrogen and oxygen atoms in total. The van der Waals surface area contributed by atoms with Gasteiger partial charge in [-0.3, -0.25) is 9.36 Å². The molecule has 0 unspecified atom stereocenters. The number of aryl methyl sites for hydroxylation is 1. The molecule has 8 bridgehead atoms. The van der Waals surface area contributed by atoms with E-state index in [0.717, 1.165) is 43.2 Å². The van der Waals surface area contributed by atoms with Gasteiger partial charge in [0.25, 0.3) is 11.5 Å². The van der Waals surface area contributed by atoms with E-state index in [4.69, 9.17) is 0 Å². The van der Waals surface area contributed by atoms with Crippen molar-refractivity contribution < 1.29 is 8.78 Å². The van der Waals surface area contributed by atoms with E-state index in [9.17, 15) is 10.1 Å². The lowest BCUT2D eigenvalue weighted by atomic mass is 9.85. The average molecular weight is 547 g/mol. The highest BCUT2D eigenvalue weighted by Gasteiger charge is 2.46. The van der Waals surface area contributed by atoms with Gasteiger partial charge in [-0.1, -0.05) is 31.0 Å². The Balaban J connectivity index is 1.42. The fourth-order valence-electron chi connectivity index (χ4n) is 6.44. The lowest BCUT2D eigenvalue weighted by molar-refractivity contribution is -0.0855. The number of rotatable bonds is 1. The molecule has 1 saturated carbocycles. The number of nitriles is 1. The predicted octanol–water partition coefficient (Wildman–Crippen LogP) is 5.90. The molecule has 4 aliphatic rings. The summed E-state index contributed by atoms with van der Waals surface area (Å²) in [4.78, 5) is 16.0.